The number of hydrogen-bond acceptors (Lipinski definition) is 1. The van der Waals surface area contributed by atoms with Crippen LogP contribution in [-0.2, 0) is 16.8 Å². The van der Waals surface area contributed by atoms with Crippen LogP contribution in [0.1, 0.15) is 0 Å². The molecule has 41 valence electrons. The van der Waals surface area contributed by atoms with Gasteiger partial charge in [-0.05, 0) is 0 Å². The van der Waals surface area contributed by atoms with Gasteiger partial charge >= 0.3 is 0 Å². The molecule has 0 fully saturated rings. The Morgan fingerprint density at radius 3 is 2.29 bits per heavy atom. The van der Waals surface area contributed by atoms with Crippen molar-refractivity contribution >= 4 is 8.41 Å². The Hall–Kier alpha value is -0.219. The maximum absolute atomic E-state index is 3.67. The van der Waals surface area contributed by atoms with Crippen LogP contribution in [0.5, 0.6) is 0 Å². The Bertz CT molecular complexity index is 69.4. The van der Waals surface area contributed by atoms with Crippen LogP contribution in [0.15, 0.2) is 18.7 Å². The molecule has 0 unspecified atom stereocenters. The van der Waals surface area contributed by atoms with Gasteiger partial charge < -0.3 is 4.98 Å². The zero-order chi connectivity index (χ0) is 3.54. The van der Waals surface area contributed by atoms with Gasteiger partial charge in [0.15, 0.2) is 0 Å². The first-order chi connectivity index (χ1) is 2.50. The Balaban J connectivity index is 0. The molecule has 0 aliphatic carbocycles. The molecule has 0 aliphatic heterocycles. The number of imidazole rings is 1. The first kappa shape index (κ1) is 9.91. The van der Waals surface area contributed by atoms with E-state index in [2.05, 4.69) is 9.97 Å². The van der Waals surface area contributed by atoms with Gasteiger partial charge in [0, 0.05) is 29.2 Å². The number of hydrogen-bond donors (Lipinski definition) is 1. The molecule has 0 spiro atoms. The molecule has 4 heteroatoms. The Morgan fingerprint density at radius 1 is 1.43 bits per heavy atom. The minimum absolute atomic E-state index is 0. The largest absolute Gasteiger partial charge is 0.351 e. The summed E-state index contributed by atoms with van der Waals surface area (Å²) in [5.74, 6) is 0. The molecule has 2 nitrogen and oxygen atoms in total. The van der Waals surface area contributed by atoms with Crippen LogP contribution >= 0.6 is 0 Å². The average Bonchev–Trinajstić information content (AvgIpc) is 1.76. The van der Waals surface area contributed by atoms with E-state index >= 15 is 0 Å². The van der Waals surface area contributed by atoms with E-state index in [9.17, 15) is 0 Å². The Morgan fingerprint density at radius 2 is 2.14 bits per heavy atom. The standard InChI is InChI=1S/C3H4N2.BH3.Co/c1-2-5-3-4-1;;/h1-3H,(H,4,5);1H3;. The van der Waals surface area contributed by atoms with E-state index in [0.717, 1.165) is 0 Å². The van der Waals surface area contributed by atoms with E-state index in [-0.39, 0.29) is 25.2 Å². The third kappa shape index (κ3) is 3.62. The van der Waals surface area contributed by atoms with E-state index in [4.69, 9.17) is 0 Å². The van der Waals surface area contributed by atoms with Gasteiger partial charge in [0.1, 0.15) is 0 Å². The van der Waals surface area contributed by atoms with Gasteiger partial charge in [-0.15, -0.1) is 0 Å². The first-order valence-corrected chi connectivity index (χ1v) is 1.43. The quantitative estimate of drug-likeness (QED) is 0.471. The molecule has 0 amide bonds. The van der Waals surface area contributed by atoms with Crippen LogP contribution in [0.4, 0.5) is 0 Å². The number of nitrogens with one attached hydrogen (secondary N) is 1. The third-order valence-electron chi connectivity index (χ3n) is 0.406. The van der Waals surface area contributed by atoms with Crippen molar-refractivity contribution < 1.29 is 16.8 Å². The molecule has 1 aromatic heterocycles. The van der Waals surface area contributed by atoms with Crippen molar-refractivity contribution in [3.05, 3.63) is 18.7 Å². The van der Waals surface area contributed by atoms with E-state index in [1.165, 1.54) is 0 Å². The number of aromatic amines is 1. The molecule has 1 rings (SSSR count). The summed E-state index contributed by atoms with van der Waals surface area (Å²) in [6.45, 7) is 0. The van der Waals surface area contributed by atoms with Gasteiger partial charge in [0.05, 0.1) is 14.7 Å². The fraction of sp³-hybridized carbons (Fsp3) is 0. The molecule has 0 atom stereocenters. The zero-order valence-electron chi connectivity index (χ0n) is 3.01. The van der Waals surface area contributed by atoms with Crippen molar-refractivity contribution in [2.45, 2.75) is 0 Å². The summed E-state index contributed by atoms with van der Waals surface area (Å²) in [5.41, 5.74) is 0. The Kier molecular flexibility index (Phi) is 8.19. The molecule has 0 saturated carbocycles. The van der Waals surface area contributed by atoms with Crippen LogP contribution in [-0.4, -0.2) is 18.4 Å². The van der Waals surface area contributed by atoms with Crippen LogP contribution in [0.3, 0.4) is 0 Å². The molecule has 1 heterocycles. The molecule has 1 aromatic rings. The number of nitrogens with zero attached hydrogens (tertiary/aromatic N) is 1. The van der Waals surface area contributed by atoms with Gasteiger partial charge in [-0.1, -0.05) is 0 Å². The Labute approximate surface area is 54.5 Å². The second-order valence-corrected chi connectivity index (χ2v) is 0.761. The summed E-state index contributed by atoms with van der Waals surface area (Å²) in [4.78, 5) is 6.42. The smallest absolute Gasteiger partial charge is 0.0919 e. The predicted octanol–water partition coefficient (Wildman–Crippen LogP) is -0.777. The van der Waals surface area contributed by atoms with E-state index in [0.29, 0.717) is 0 Å². The van der Waals surface area contributed by atoms with Crippen molar-refractivity contribution in [3.63, 3.8) is 0 Å². The molecule has 0 bridgehead atoms. The summed E-state index contributed by atoms with van der Waals surface area (Å²) in [7, 11) is 0. The topological polar surface area (TPSA) is 28.7 Å². The molecular formula is C3H7BCoN2. The van der Waals surface area contributed by atoms with Gasteiger partial charge in [0.25, 0.3) is 0 Å². The molecule has 0 aliphatic rings. The predicted molar refractivity (Wildman–Crippen MR) is 28.5 cm³/mol. The van der Waals surface area contributed by atoms with E-state index in [1.807, 2.05) is 0 Å². The van der Waals surface area contributed by atoms with Crippen molar-refractivity contribution in [2.24, 2.45) is 0 Å². The number of rotatable bonds is 0. The fourth-order valence-electron chi connectivity index (χ4n) is 0.215. The molecule has 0 aromatic carbocycles. The maximum atomic E-state index is 3.67. The van der Waals surface area contributed by atoms with Crippen LogP contribution < -0.4 is 0 Å². The summed E-state index contributed by atoms with van der Waals surface area (Å²) in [6, 6.07) is 0. The minimum atomic E-state index is 0. The second-order valence-electron chi connectivity index (χ2n) is 0.761. The SMILES string of the molecule is B.[Co].c1c[nH]cn1. The van der Waals surface area contributed by atoms with Crippen molar-refractivity contribution in [1.29, 1.82) is 0 Å². The maximum Gasteiger partial charge on any atom is 0.0919 e. The van der Waals surface area contributed by atoms with Gasteiger partial charge in [-0.3, -0.25) is 0 Å². The monoisotopic (exact) mass is 141 g/mol. The van der Waals surface area contributed by atoms with Gasteiger partial charge in [0.2, 0.25) is 0 Å². The normalized spacial score (nSPS) is 5.71. The summed E-state index contributed by atoms with van der Waals surface area (Å²) >= 11 is 0. The number of H-pyrrole nitrogens is 1. The van der Waals surface area contributed by atoms with E-state index in [1.54, 1.807) is 18.7 Å². The summed E-state index contributed by atoms with van der Waals surface area (Å²) in [6.07, 6.45) is 5.08. The zero-order valence-corrected chi connectivity index (χ0v) is 4.05. The van der Waals surface area contributed by atoms with Crippen molar-refractivity contribution in [1.82, 2.24) is 9.97 Å². The average molecular weight is 141 g/mol. The van der Waals surface area contributed by atoms with Crippen LogP contribution in [0, 0.1) is 0 Å². The first-order valence-electron chi connectivity index (χ1n) is 1.43. The molecular weight excluding hydrogens is 134 g/mol. The van der Waals surface area contributed by atoms with Crippen molar-refractivity contribution in [2.75, 3.05) is 0 Å². The summed E-state index contributed by atoms with van der Waals surface area (Å²) in [5, 5.41) is 0. The molecule has 0 saturated heterocycles. The third-order valence-corrected chi connectivity index (χ3v) is 0.406. The molecule has 1 radical (unpaired) electrons. The van der Waals surface area contributed by atoms with E-state index < -0.39 is 0 Å². The second kappa shape index (κ2) is 5.78. The summed E-state index contributed by atoms with van der Waals surface area (Å²) < 4.78 is 0. The van der Waals surface area contributed by atoms with Gasteiger partial charge in [-0.2, -0.15) is 0 Å². The van der Waals surface area contributed by atoms with Gasteiger partial charge in [-0.25, -0.2) is 4.98 Å². The number of aromatic nitrogens is 2. The molecule has 1 N–H and O–H groups in total. The fourth-order valence-corrected chi connectivity index (χ4v) is 0.215. The molecule has 7 heavy (non-hydrogen) atoms. The minimum Gasteiger partial charge on any atom is -0.351 e. The van der Waals surface area contributed by atoms with Crippen LogP contribution in [0.25, 0.3) is 0 Å². The van der Waals surface area contributed by atoms with Crippen molar-refractivity contribution in [3.8, 4) is 0 Å². The van der Waals surface area contributed by atoms with Crippen LogP contribution in [0.2, 0.25) is 0 Å².